The van der Waals surface area contributed by atoms with Gasteiger partial charge in [0.25, 0.3) is 5.91 Å². The highest BCUT2D eigenvalue weighted by atomic mass is 35.5. The zero-order valence-electron chi connectivity index (χ0n) is 10.5. The van der Waals surface area contributed by atoms with E-state index >= 15 is 0 Å². The molecule has 1 amide bonds. The van der Waals surface area contributed by atoms with Gasteiger partial charge in [0.1, 0.15) is 5.75 Å². The lowest BCUT2D eigenvalue weighted by atomic mass is 10.2. The van der Waals surface area contributed by atoms with Gasteiger partial charge >= 0.3 is 0 Å². The highest BCUT2D eigenvalue weighted by molar-refractivity contribution is 6.35. The van der Waals surface area contributed by atoms with Gasteiger partial charge in [0.15, 0.2) is 6.61 Å². The van der Waals surface area contributed by atoms with Crippen molar-refractivity contribution >= 4 is 29.1 Å². The largest absolute Gasteiger partial charge is 0.482 e. The molecule has 0 spiro atoms. The molecule has 19 heavy (non-hydrogen) atoms. The van der Waals surface area contributed by atoms with Crippen molar-refractivity contribution in [2.45, 2.75) is 6.54 Å². The number of carbonyl (C=O) groups is 1. The van der Waals surface area contributed by atoms with Crippen molar-refractivity contribution in [2.24, 2.45) is 5.73 Å². The lowest BCUT2D eigenvalue weighted by molar-refractivity contribution is -0.123. The molecule has 106 valence electrons. The van der Waals surface area contributed by atoms with Gasteiger partial charge in [-0.15, -0.1) is 0 Å². The van der Waals surface area contributed by atoms with Crippen molar-refractivity contribution in [3.05, 3.63) is 27.7 Å². The topological polar surface area (TPSA) is 73.6 Å². The van der Waals surface area contributed by atoms with Gasteiger partial charge in [-0.05, 0) is 12.1 Å². The first-order chi connectivity index (χ1) is 9.08. The van der Waals surface area contributed by atoms with Crippen LogP contribution in [0, 0.1) is 0 Å². The van der Waals surface area contributed by atoms with Gasteiger partial charge in [-0.25, -0.2) is 0 Å². The lowest BCUT2D eigenvalue weighted by Gasteiger charge is -2.12. The lowest BCUT2D eigenvalue weighted by Crippen LogP contribution is -2.31. The number of halogens is 2. The van der Waals surface area contributed by atoms with Crippen LogP contribution in [0.3, 0.4) is 0 Å². The van der Waals surface area contributed by atoms with Crippen LogP contribution < -0.4 is 15.8 Å². The number of amides is 1. The van der Waals surface area contributed by atoms with Gasteiger partial charge in [0, 0.05) is 30.8 Å². The molecule has 5 nitrogen and oxygen atoms in total. The third-order valence-corrected chi connectivity index (χ3v) is 2.78. The summed E-state index contributed by atoms with van der Waals surface area (Å²) >= 11 is 11.9. The molecule has 1 aromatic rings. The molecule has 0 aliphatic carbocycles. The number of carbonyl (C=O) groups excluding carboxylic acids is 1. The molecule has 0 fully saturated rings. The van der Waals surface area contributed by atoms with E-state index in [1.807, 2.05) is 0 Å². The summed E-state index contributed by atoms with van der Waals surface area (Å²) in [5.41, 5.74) is 6.23. The molecule has 7 heteroatoms. The summed E-state index contributed by atoms with van der Waals surface area (Å²) in [5, 5.41) is 3.44. The smallest absolute Gasteiger partial charge is 0.258 e. The summed E-state index contributed by atoms with van der Waals surface area (Å²) in [6.07, 6.45) is 0. The highest BCUT2D eigenvalue weighted by Crippen LogP contribution is 2.32. The van der Waals surface area contributed by atoms with Crippen LogP contribution in [0.5, 0.6) is 5.75 Å². The first-order valence-electron chi connectivity index (χ1n) is 5.65. The zero-order valence-corrected chi connectivity index (χ0v) is 12.1. The van der Waals surface area contributed by atoms with Crippen LogP contribution in [-0.4, -0.2) is 32.8 Å². The Morgan fingerprint density at radius 2 is 2.16 bits per heavy atom. The molecule has 0 bridgehead atoms. The average molecular weight is 307 g/mol. The van der Waals surface area contributed by atoms with Gasteiger partial charge in [0.2, 0.25) is 0 Å². The summed E-state index contributed by atoms with van der Waals surface area (Å²) < 4.78 is 10.2. The minimum atomic E-state index is -0.258. The van der Waals surface area contributed by atoms with Crippen molar-refractivity contribution in [1.29, 1.82) is 0 Å². The number of nitrogens with one attached hydrogen (secondary N) is 1. The molecule has 0 saturated heterocycles. The third kappa shape index (κ3) is 5.24. The summed E-state index contributed by atoms with van der Waals surface area (Å²) in [4.78, 5) is 11.5. The second-order valence-electron chi connectivity index (χ2n) is 3.71. The van der Waals surface area contributed by atoms with Crippen molar-refractivity contribution in [2.75, 3.05) is 26.9 Å². The van der Waals surface area contributed by atoms with Gasteiger partial charge in [0.05, 0.1) is 11.6 Å². The maximum Gasteiger partial charge on any atom is 0.258 e. The summed E-state index contributed by atoms with van der Waals surface area (Å²) in [7, 11) is 1.56. The Hall–Kier alpha value is -1.01. The van der Waals surface area contributed by atoms with Gasteiger partial charge in [-0.2, -0.15) is 0 Å². The fourth-order valence-corrected chi connectivity index (χ4v) is 2.00. The van der Waals surface area contributed by atoms with E-state index in [-0.39, 0.29) is 19.1 Å². The Bertz CT molecular complexity index is 441. The van der Waals surface area contributed by atoms with Gasteiger partial charge in [-0.3, -0.25) is 4.79 Å². The average Bonchev–Trinajstić information content (AvgIpc) is 2.37. The molecule has 0 aliphatic heterocycles. The quantitative estimate of drug-likeness (QED) is 0.750. The monoisotopic (exact) mass is 306 g/mol. The Labute approximate surface area is 122 Å². The summed E-state index contributed by atoms with van der Waals surface area (Å²) in [6.45, 7) is 0.956. The second-order valence-corrected chi connectivity index (χ2v) is 4.56. The van der Waals surface area contributed by atoms with E-state index in [1.165, 1.54) is 0 Å². The Kier molecular flexibility index (Phi) is 6.94. The van der Waals surface area contributed by atoms with E-state index in [2.05, 4.69) is 5.32 Å². The van der Waals surface area contributed by atoms with Crippen LogP contribution in [0.2, 0.25) is 10.0 Å². The molecule has 3 N–H and O–H groups in total. The van der Waals surface area contributed by atoms with Gasteiger partial charge < -0.3 is 20.5 Å². The Morgan fingerprint density at radius 1 is 1.42 bits per heavy atom. The maximum absolute atomic E-state index is 11.5. The van der Waals surface area contributed by atoms with E-state index in [0.29, 0.717) is 34.5 Å². The highest BCUT2D eigenvalue weighted by Gasteiger charge is 2.11. The Balaban J connectivity index is 2.60. The van der Waals surface area contributed by atoms with Gasteiger partial charge in [-0.1, -0.05) is 23.2 Å². The fraction of sp³-hybridized carbons (Fsp3) is 0.417. The molecule has 0 saturated carbocycles. The third-order valence-electron chi connectivity index (χ3n) is 2.28. The minimum absolute atomic E-state index is 0.141. The van der Waals surface area contributed by atoms with E-state index in [0.717, 1.165) is 0 Å². The molecule has 0 aliphatic rings. The van der Waals surface area contributed by atoms with E-state index < -0.39 is 0 Å². The number of ether oxygens (including phenoxy) is 2. The molecule has 0 unspecified atom stereocenters. The standard InChI is InChI=1S/C12H16Cl2N2O3/c1-18-3-2-16-11(17)7-19-12-8(6-15)4-9(13)5-10(12)14/h4-5H,2-3,6-7,15H2,1H3,(H,16,17). The minimum Gasteiger partial charge on any atom is -0.482 e. The molecule has 1 aromatic carbocycles. The molecular formula is C12H16Cl2N2O3. The first-order valence-corrected chi connectivity index (χ1v) is 6.40. The van der Waals surface area contributed by atoms with Crippen LogP contribution >= 0.6 is 23.2 Å². The van der Waals surface area contributed by atoms with Crippen molar-refractivity contribution in [1.82, 2.24) is 5.32 Å². The number of hydrogen-bond donors (Lipinski definition) is 2. The number of benzene rings is 1. The number of nitrogens with two attached hydrogens (primary N) is 1. The fourth-order valence-electron chi connectivity index (χ4n) is 1.41. The Morgan fingerprint density at radius 3 is 2.79 bits per heavy atom. The number of rotatable bonds is 7. The molecule has 0 heterocycles. The number of methoxy groups -OCH3 is 1. The van der Waals surface area contributed by atoms with E-state index in [1.54, 1.807) is 19.2 Å². The van der Waals surface area contributed by atoms with Crippen LogP contribution in [0.1, 0.15) is 5.56 Å². The van der Waals surface area contributed by atoms with Crippen LogP contribution in [0.25, 0.3) is 0 Å². The maximum atomic E-state index is 11.5. The predicted octanol–water partition coefficient (Wildman–Crippen LogP) is 1.59. The normalized spacial score (nSPS) is 10.3. The SMILES string of the molecule is COCCNC(=O)COc1c(Cl)cc(Cl)cc1CN. The molecule has 1 rings (SSSR count). The van der Waals surface area contributed by atoms with Crippen molar-refractivity contribution in [3.63, 3.8) is 0 Å². The predicted molar refractivity (Wildman–Crippen MR) is 74.7 cm³/mol. The second kappa shape index (κ2) is 8.22. The summed E-state index contributed by atoms with van der Waals surface area (Å²) in [6, 6.07) is 3.20. The van der Waals surface area contributed by atoms with Crippen molar-refractivity contribution < 1.29 is 14.3 Å². The van der Waals surface area contributed by atoms with E-state index in [9.17, 15) is 4.79 Å². The first kappa shape index (κ1) is 16.0. The van der Waals surface area contributed by atoms with E-state index in [4.69, 9.17) is 38.4 Å². The number of hydrogen-bond acceptors (Lipinski definition) is 4. The molecular weight excluding hydrogens is 291 g/mol. The van der Waals surface area contributed by atoms with Crippen LogP contribution in [-0.2, 0) is 16.1 Å². The van der Waals surface area contributed by atoms with Crippen LogP contribution in [0.4, 0.5) is 0 Å². The molecule has 0 aromatic heterocycles. The van der Waals surface area contributed by atoms with Crippen molar-refractivity contribution in [3.8, 4) is 5.75 Å². The summed E-state index contributed by atoms with van der Waals surface area (Å²) in [5.74, 6) is 0.126. The molecule has 0 atom stereocenters. The zero-order chi connectivity index (χ0) is 14.3. The molecule has 0 radical (unpaired) electrons. The van der Waals surface area contributed by atoms with Crippen LogP contribution in [0.15, 0.2) is 12.1 Å².